The van der Waals surface area contributed by atoms with Gasteiger partial charge in [0.05, 0.1) is 0 Å². The van der Waals surface area contributed by atoms with E-state index in [1.54, 1.807) is 16.0 Å². The summed E-state index contributed by atoms with van der Waals surface area (Å²) in [6, 6.07) is 2.28. The van der Waals surface area contributed by atoms with Gasteiger partial charge in [0, 0.05) is 17.1 Å². The third-order valence-electron chi connectivity index (χ3n) is 4.45. The van der Waals surface area contributed by atoms with Crippen LogP contribution in [0.25, 0.3) is 0 Å². The van der Waals surface area contributed by atoms with E-state index in [1.807, 2.05) is 52.9 Å². The third-order valence-corrected chi connectivity index (χ3v) is 5.47. The Bertz CT molecular complexity index is 474. The summed E-state index contributed by atoms with van der Waals surface area (Å²) in [5, 5.41) is 5.59. The second kappa shape index (κ2) is 22.3. The minimum atomic E-state index is 1.04. The molecule has 1 nitrogen and oxygen atoms in total. The molecule has 0 spiro atoms. The van der Waals surface area contributed by atoms with E-state index in [2.05, 4.69) is 42.8 Å². The summed E-state index contributed by atoms with van der Waals surface area (Å²) in [5.74, 6) is 0. The van der Waals surface area contributed by atoms with Crippen LogP contribution in [0.2, 0.25) is 0 Å². The van der Waals surface area contributed by atoms with Gasteiger partial charge in [0.1, 0.15) is 0 Å². The zero-order valence-electron chi connectivity index (χ0n) is 20.3. The molecular weight excluding hydrogens is 358 g/mol. The molecule has 1 aliphatic heterocycles. The summed E-state index contributed by atoms with van der Waals surface area (Å²) >= 11 is 1.93. The van der Waals surface area contributed by atoms with Crippen molar-refractivity contribution in [2.24, 2.45) is 0 Å². The highest BCUT2D eigenvalue weighted by molar-refractivity contribution is 7.10. The SMILES string of the molecule is C1=CC2=C(CCC2)NC1.CC.CC.CC.CCCC.c1cc2c(s1)CCCC2. The van der Waals surface area contributed by atoms with E-state index in [-0.39, 0.29) is 0 Å². The van der Waals surface area contributed by atoms with Crippen molar-refractivity contribution in [1.29, 1.82) is 0 Å². The van der Waals surface area contributed by atoms with Gasteiger partial charge in [-0.1, -0.05) is 80.4 Å². The van der Waals surface area contributed by atoms with Gasteiger partial charge in [-0.15, -0.1) is 11.3 Å². The average Bonchev–Trinajstić information content (AvgIpc) is 3.48. The van der Waals surface area contributed by atoms with Crippen molar-refractivity contribution in [1.82, 2.24) is 5.32 Å². The standard InChI is InChI=1S/C8H11N.C8H10S.C4H10.3C2H6/c1-3-7-4-2-6-9-8(7)5-1;1-2-4-8-7(3-1)5-6-9-8;1-3-4-2;3*1-2/h2,4,9H,1,3,5-6H2;5-6H,1-4H2;3-4H2,1-2H3;3*1-2H3. The monoisotopic (exact) mass is 407 g/mol. The Kier molecular flexibility index (Phi) is 23.2. The zero-order valence-corrected chi connectivity index (χ0v) is 21.1. The lowest BCUT2D eigenvalue weighted by molar-refractivity contribution is 0.697. The second-order valence-corrected chi connectivity index (χ2v) is 7.22. The fourth-order valence-electron chi connectivity index (χ4n) is 2.95. The van der Waals surface area contributed by atoms with E-state index >= 15 is 0 Å². The van der Waals surface area contributed by atoms with Crippen LogP contribution in [0, 0.1) is 0 Å². The maximum atomic E-state index is 3.37. The summed E-state index contributed by atoms with van der Waals surface area (Å²) in [6.07, 6.45) is 16.5. The molecule has 0 atom stereocenters. The molecule has 1 aromatic heterocycles. The average molecular weight is 408 g/mol. The van der Waals surface area contributed by atoms with E-state index in [0.29, 0.717) is 0 Å². The number of hydrogen-bond donors (Lipinski definition) is 1. The molecule has 164 valence electrons. The van der Waals surface area contributed by atoms with Gasteiger partial charge in [0.2, 0.25) is 0 Å². The van der Waals surface area contributed by atoms with Crippen LogP contribution in [0.1, 0.15) is 111 Å². The number of thiophene rings is 1. The van der Waals surface area contributed by atoms with E-state index in [4.69, 9.17) is 0 Å². The van der Waals surface area contributed by atoms with Crippen LogP contribution in [0.5, 0.6) is 0 Å². The number of rotatable bonds is 1. The summed E-state index contributed by atoms with van der Waals surface area (Å²) < 4.78 is 0. The molecule has 0 amide bonds. The van der Waals surface area contributed by atoms with Crippen LogP contribution < -0.4 is 5.32 Å². The quantitative estimate of drug-likeness (QED) is 0.489. The normalized spacial score (nSPS) is 15.0. The first-order valence-electron chi connectivity index (χ1n) is 12.0. The molecule has 1 N–H and O–H groups in total. The molecule has 4 rings (SSSR count). The van der Waals surface area contributed by atoms with E-state index in [0.717, 1.165) is 6.54 Å². The third kappa shape index (κ3) is 12.4. The fraction of sp³-hybridized carbons (Fsp3) is 0.692. The predicted molar refractivity (Wildman–Crippen MR) is 134 cm³/mol. The van der Waals surface area contributed by atoms with Crippen molar-refractivity contribution in [2.45, 2.75) is 113 Å². The fourth-order valence-corrected chi connectivity index (χ4v) is 3.93. The van der Waals surface area contributed by atoms with Gasteiger partial charge in [-0.3, -0.25) is 0 Å². The number of nitrogens with one attached hydrogen (secondary N) is 1. The summed E-state index contributed by atoms with van der Waals surface area (Å²) in [7, 11) is 0. The molecule has 2 heteroatoms. The summed E-state index contributed by atoms with van der Waals surface area (Å²) in [4.78, 5) is 1.64. The Hall–Kier alpha value is -1.02. The molecule has 0 saturated heterocycles. The van der Waals surface area contributed by atoms with Crippen molar-refractivity contribution in [3.8, 4) is 0 Å². The lowest BCUT2D eigenvalue weighted by Crippen LogP contribution is -2.15. The van der Waals surface area contributed by atoms with Gasteiger partial charge >= 0.3 is 0 Å². The zero-order chi connectivity index (χ0) is 21.6. The lowest BCUT2D eigenvalue weighted by atomic mass is 10.00. The second-order valence-electron chi connectivity index (χ2n) is 6.22. The molecule has 28 heavy (non-hydrogen) atoms. The number of fused-ring (bicyclic) bond motifs is 1. The first-order valence-corrected chi connectivity index (χ1v) is 12.9. The number of hydrogen-bond acceptors (Lipinski definition) is 2. The highest BCUT2D eigenvalue weighted by Gasteiger charge is 2.12. The van der Waals surface area contributed by atoms with E-state index < -0.39 is 0 Å². The number of allylic oxidation sites excluding steroid dienone is 3. The number of unbranched alkanes of at least 4 members (excludes halogenated alkanes) is 1. The van der Waals surface area contributed by atoms with Gasteiger partial charge in [-0.25, -0.2) is 0 Å². The highest BCUT2D eigenvalue weighted by atomic mass is 32.1. The predicted octanol–water partition coefficient (Wildman–Crippen LogP) is 9.10. The minimum Gasteiger partial charge on any atom is -0.385 e. The van der Waals surface area contributed by atoms with Crippen LogP contribution in [-0.2, 0) is 12.8 Å². The molecule has 0 saturated carbocycles. The molecule has 0 fully saturated rings. The van der Waals surface area contributed by atoms with E-state index in [1.165, 1.54) is 63.5 Å². The van der Waals surface area contributed by atoms with Gasteiger partial charge in [-0.2, -0.15) is 0 Å². The first kappa shape index (κ1) is 29.2. The van der Waals surface area contributed by atoms with Gasteiger partial charge in [0.15, 0.2) is 0 Å². The van der Waals surface area contributed by atoms with Crippen molar-refractivity contribution >= 4 is 11.3 Å². The van der Waals surface area contributed by atoms with Crippen LogP contribution in [0.15, 0.2) is 34.9 Å². The largest absolute Gasteiger partial charge is 0.385 e. The van der Waals surface area contributed by atoms with E-state index in [9.17, 15) is 0 Å². The van der Waals surface area contributed by atoms with Crippen molar-refractivity contribution in [3.05, 3.63) is 45.3 Å². The molecule has 0 bridgehead atoms. The topological polar surface area (TPSA) is 12.0 Å². The van der Waals surface area contributed by atoms with Crippen LogP contribution in [-0.4, -0.2) is 6.54 Å². The Labute approximate surface area is 181 Å². The Morgan fingerprint density at radius 2 is 1.46 bits per heavy atom. The first-order chi connectivity index (χ1) is 13.8. The Morgan fingerprint density at radius 3 is 2.04 bits per heavy atom. The molecule has 3 aliphatic rings. The van der Waals surface area contributed by atoms with Crippen molar-refractivity contribution < 1.29 is 0 Å². The molecular formula is C26H49NS. The Balaban J connectivity index is 0. The maximum Gasteiger partial charge on any atom is 0.0331 e. The van der Waals surface area contributed by atoms with Crippen molar-refractivity contribution in [3.63, 3.8) is 0 Å². The summed E-state index contributed by atoms with van der Waals surface area (Å²) in [5.41, 5.74) is 4.66. The Morgan fingerprint density at radius 1 is 0.821 bits per heavy atom. The smallest absolute Gasteiger partial charge is 0.0331 e. The molecule has 0 aromatic carbocycles. The minimum absolute atomic E-state index is 1.04. The number of dihydropyridines is 1. The molecule has 1 aromatic rings. The molecule has 0 unspecified atom stereocenters. The molecule has 2 aliphatic carbocycles. The molecule has 2 heterocycles. The van der Waals surface area contributed by atoms with Crippen LogP contribution >= 0.6 is 11.3 Å². The lowest BCUT2D eigenvalue weighted by Gasteiger charge is -2.09. The van der Waals surface area contributed by atoms with Gasteiger partial charge in [0.25, 0.3) is 0 Å². The summed E-state index contributed by atoms with van der Waals surface area (Å²) in [6.45, 7) is 17.4. The van der Waals surface area contributed by atoms with Crippen molar-refractivity contribution in [2.75, 3.05) is 6.54 Å². The highest BCUT2D eigenvalue weighted by Crippen LogP contribution is 2.26. The van der Waals surface area contributed by atoms with Crippen LogP contribution in [0.4, 0.5) is 0 Å². The van der Waals surface area contributed by atoms with Gasteiger partial charge < -0.3 is 5.32 Å². The van der Waals surface area contributed by atoms with Gasteiger partial charge in [-0.05, 0) is 67.5 Å². The molecule has 0 radical (unpaired) electrons. The number of aryl methyl sites for hydroxylation is 2. The van der Waals surface area contributed by atoms with Crippen LogP contribution in [0.3, 0.4) is 0 Å². The maximum absolute atomic E-state index is 3.37.